The van der Waals surface area contributed by atoms with E-state index in [2.05, 4.69) is 5.32 Å². The molecule has 3 rings (SSSR count). The third-order valence-corrected chi connectivity index (χ3v) is 5.68. The van der Waals surface area contributed by atoms with E-state index in [1.54, 1.807) is 12.1 Å². The summed E-state index contributed by atoms with van der Waals surface area (Å²) in [5.41, 5.74) is 0.528. The first-order chi connectivity index (χ1) is 12.2. The van der Waals surface area contributed by atoms with Gasteiger partial charge >= 0.3 is 0 Å². The molecule has 2 aromatic heterocycles. The fraction of sp³-hybridized carbons (Fsp3) is 0.211. The van der Waals surface area contributed by atoms with E-state index in [0.717, 1.165) is 14.6 Å². The van der Waals surface area contributed by atoms with Gasteiger partial charge in [0.05, 0.1) is 18.7 Å². The Balaban J connectivity index is 1.63. The Kier molecular flexibility index (Phi) is 5.86. The molecule has 0 saturated heterocycles. The van der Waals surface area contributed by atoms with Crippen LogP contribution >= 0.6 is 22.7 Å². The highest BCUT2D eigenvalue weighted by atomic mass is 32.1. The number of hydrogen-bond acceptors (Lipinski definition) is 5. The zero-order chi connectivity index (χ0) is 17.6. The molecule has 1 aromatic carbocycles. The average Bonchev–Trinajstić information content (AvgIpc) is 3.32. The SMILES string of the molecule is CCOc1ccccc1C(=O)NCc1ccc(C(O)c2cccs2)s1. The van der Waals surface area contributed by atoms with Gasteiger partial charge in [0.25, 0.3) is 5.91 Å². The quantitative estimate of drug-likeness (QED) is 0.652. The van der Waals surface area contributed by atoms with Gasteiger partial charge in [0, 0.05) is 14.6 Å². The van der Waals surface area contributed by atoms with Gasteiger partial charge in [0.1, 0.15) is 11.9 Å². The van der Waals surface area contributed by atoms with Crippen molar-refractivity contribution in [1.82, 2.24) is 5.32 Å². The van der Waals surface area contributed by atoms with Gasteiger partial charge < -0.3 is 15.2 Å². The molecule has 25 heavy (non-hydrogen) atoms. The number of carbonyl (C=O) groups is 1. The summed E-state index contributed by atoms with van der Waals surface area (Å²) in [6.07, 6.45) is -0.604. The van der Waals surface area contributed by atoms with Crippen LogP contribution in [0.3, 0.4) is 0 Å². The van der Waals surface area contributed by atoms with Crippen LogP contribution < -0.4 is 10.1 Å². The first-order valence-corrected chi connectivity index (χ1v) is 9.68. The maximum atomic E-state index is 12.4. The van der Waals surface area contributed by atoms with Crippen LogP contribution in [-0.4, -0.2) is 17.6 Å². The maximum absolute atomic E-state index is 12.4. The summed E-state index contributed by atoms with van der Waals surface area (Å²) >= 11 is 3.03. The summed E-state index contributed by atoms with van der Waals surface area (Å²) in [6, 6.07) is 14.9. The van der Waals surface area contributed by atoms with E-state index in [0.29, 0.717) is 24.5 Å². The van der Waals surface area contributed by atoms with Crippen molar-refractivity contribution in [3.8, 4) is 5.75 Å². The van der Waals surface area contributed by atoms with E-state index in [1.807, 2.05) is 48.7 Å². The number of aliphatic hydroxyl groups is 1. The summed E-state index contributed by atoms with van der Waals surface area (Å²) < 4.78 is 5.50. The molecule has 0 aliphatic rings. The number of aliphatic hydroxyl groups excluding tert-OH is 1. The van der Waals surface area contributed by atoms with Gasteiger partial charge in [0.15, 0.2) is 0 Å². The minimum absolute atomic E-state index is 0.169. The van der Waals surface area contributed by atoms with Crippen LogP contribution in [-0.2, 0) is 6.54 Å². The number of rotatable bonds is 7. The van der Waals surface area contributed by atoms with Gasteiger partial charge in [-0.1, -0.05) is 18.2 Å². The minimum Gasteiger partial charge on any atom is -0.493 e. The monoisotopic (exact) mass is 373 g/mol. The molecule has 1 atom stereocenters. The van der Waals surface area contributed by atoms with Crippen LogP contribution in [0.5, 0.6) is 5.75 Å². The highest BCUT2D eigenvalue weighted by Crippen LogP contribution is 2.31. The van der Waals surface area contributed by atoms with Gasteiger partial charge in [0.2, 0.25) is 0 Å². The first-order valence-electron chi connectivity index (χ1n) is 7.99. The molecule has 0 aliphatic heterocycles. The van der Waals surface area contributed by atoms with E-state index < -0.39 is 6.10 Å². The van der Waals surface area contributed by atoms with Gasteiger partial charge in [-0.05, 0) is 42.6 Å². The summed E-state index contributed by atoms with van der Waals surface area (Å²) in [5, 5.41) is 15.2. The lowest BCUT2D eigenvalue weighted by Crippen LogP contribution is -2.23. The largest absolute Gasteiger partial charge is 0.493 e. The molecule has 130 valence electrons. The van der Waals surface area contributed by atoms with E-state index in [1.165, 1.54) is 22.7 Å². The normalized spacial score (nSPS) is 11.9. The Morgan fingerprint density at radius 3 is 2.76 bits per heavy atom. The Labute approximate surface area is 154 Å². The van der Waals surface area contributed by atoms with Crippen molar-refractivity contribution in [3.05, 3.63) is 74.1 Å². The summed E-state index contributed by atoms with van der Waals surface area (Å²) in [6.45, 7) is 2.82. The number of para-hydroxylation sites is 1. The molecule has 1 unspecified atom stereocenters. The Morgan fingerprint density at radius 1 is 1.16 bits per heavy atom. The van der Waals surface area contributed by atoms with Gasteiger partial charge in [-0.3, -0.25) is 4.79 Å². The van der Waals surface area contributed by atoms with E-state index in [9.17, 15) is 9.90 Å². The Morgan fingerprint density at radius 2 is 2.00 bits per heavy atom. The van der Waals surface area contributed by atoms with Crippen LogP contribution in [0.1, 0.15) is 38.0 Å². The number of nitrogens with one attached hydrogen (secondary N) is 1. The number of hydrogen-bond donors (Lipinski definition) is 2. The number of carbonyl (C=O) groups excluding carboxylic acids is 1. The summed E-state index contributed by atoms with van der Waals surface area (Å²) in [5.74, 6) is 0.417. The molecule has 0 bridgehead atoms. The molecule has 3 aromatic rings. The third kappa shape index (κ3) is 4.28. The number of benzene rings is 1. The predicted octanol–water partition coefficient (Wildman–Crippen LogP) is 4.22. The van der Waals surface area contributed by atoms with Crippen molar-refractivity contribution in [2.24, 2.45) is 0 Å². The molecule has 1 amide bonds. The minimum atomic E-state index is -0.604. The fourth-order valence-corrected chi connectivity index (χ4v) is 4.18. The van der Waals surface area contributed by atoms with Crippen molar-refractivity contribution >= 4 is 28.6 Å². The van der Waals surface area contributed by atoms with Gasteiger partial charge in [-0.15, -0.1) is 22.7 Å². The smallest absolute Gasteiger partial charge is 0.255 e. The average molecular weight is 373 g/mol. The summed E-state index contributed by atoms with van der Waals surface area (Å²) in [7, 11) is 0. The van der Waals surface area contributed by atoms with Crippen molar-refractivity contribution in [2.45, 2.75) is 19.6 Å². The molecular formula is C19H19NO3S2. The van der Waals surface area contributed by atoms with Crippen molar-refractivity contribution < 1.29 is 14.6 Å². The molecule has 0 saturated carbocycles. The van der Waals surface area contributed by atoms with E-state index >= 15 is 0 Å². The van der Waals surface area contributed by atoms with Crippen molar-refractivity contribution in [1.29, 1.82) is 0 Å². The third-order valence-electron chi connectivity index (χ3n) is 3.62. The van der Waals surface area contributed by atoms with Crippen LogP contribution in [0.2, 0.25) is 0 Å². The molecular weight excluding hydrogens is 354 g/mol. The molecule has 0 radical (unpaired) electrons. The lowest BCUT2D eigenvalue weighted by atomic mass is 10.2. The van der Waals surface area contributed by atoms with Crippen LogP contribution in [0.4, 0.5) is 0 Å². The second-order valence-electron chi connectivity index (χ2n) is 5.33. The molecule has 2 N–H and O–H groups in total. The summed E-state index contributed by atoms with van der Waals surface area (Å²) in [4.78, 5) is 15.2. The molecule has 0 spiro atoms. The standard InChI is InChI=1S/C19H19NO3S2/c1-2-23-15-7-4-3-6-14(15)19(22)20-12-13-9-10-17(25-13)18(21)16-8-5-11-24-16/h3-11,18,21H,2,12H2,1H3,(H,20,22). The van der Waals surface area contributed by atoms with E-state index in [4.69, 9.17) is 4.74 Å². The molecule has 4 nitrogen and oxygen atoms in total. The Hall–Kier alpha value is -2.15. The molecule has 0 fully saturated rings. The number of thiophene rings is 2. The topological polar surface area (TPSA) is 58.6 Å². The van der Waals surface area contributed by atoms with Gasteiger partial charge in [-0.25, -0.2) is 0 Å². The predicted molar refractivity (Wildman–Crippen MR) is 101 cm³/mol. The van der Waals surface area contributed by atoms with E-state index in [-0.39, 0.29) is 5.91 Å². The van der Waals surface area contributed by atoms with Crippen LogP contribution in [0.15, 0.2) is 53.9 Å². The number of amides is 1. The van der Waals surface area contributed by atoms with Gasteiger partial charge in [-0.2, -0.15) is 0 Å². The maximum Gasteiger partial charge on any atom is 0.255 e. The van der Waals surface area contributed by atoms with Crippen LogP contribution in [0.25, 0.3) is 0 Å². The lowest BCUT2D eigenvalue weighted by molar-refractivity contribution is 0.0947. The lowest BCUT2D eigenvalue weighted by Gasteiger charge is -2.10. The van der Waals surface area contributed by atoms with Crippen LogP contribution in [0, 0.1) is 0 Å². The molecule has 6 heteroatoms. The first kappa shape index (κ1) is 17.7. The van der Waals surface area contributed by atoms with Crippen molar-refractivity contribution in [3.63, 3.8) is 0 Å². The molecule has 2 heterocycles. The zero-order valence-electron chi connectivity index (χ0n) is 13.8. The van der Waals surface area contributed by atoms with Crippen molar-refractivity contribution in [2.75, 3.05) is 6.61 Å². The second-order valence-corrected chi connectivity index (χ2v) is 7.51. The fourth-order valence-electron chi connectivity index (χ4n) is 2.42. The molecule has 0 aliphatic carbocycles. The Bertz CT molecular complexity index is 827. The number of ether oxygens (including phenoxy) is 1. The second kappa shape index (κ2) is 8.29. The highest BCUT2D eigenvalue weighted by molar-refractivity contribution is 7.12. The highest BCUT2D eigenvalue weighted by Gasteiger charge is 2.15. The zero-order valence-corrected chi connectivity index (χ0v) is 15.4.